The normalized spacial score (nSPS) is 20.7. The molecule has 3 aliphatic rings. The van der Waals surface area contributed by atoms with E-state index in [-0.39, 0.29) is 39.6 Å². The maximum atomic E-state index is 14.0. The Balaban J connectivity index is 1.46. The molecule has 0 radical (unpaired) electrons. The van der Waals surface area contributed by atoms with E-state index in [1.807, 2.05) is 38.1 Å². The van der Waals surface area contributed by atoms with Crippen molar-refractivity contribution in [3.05, 3.63) is 82.5 Å². The maximum absolute atomic E-state index is 14.0. The summed E-state index contributed by atoms with van der Waals surface area (Å²) in [5.41, 5.74) is 2.56. The van der Waals surface area contributed by atoms with Crippen molar-refractivity contribution < 1.29 is 31.2 Å². The number of rotatable bonds is 9. The minimum absolute atomic E-state index is 0.0906. The Morgan fingerprint density at radius 1 is 0.962 bits per heavy atom. The van der Waals surface area contributed by atoms with Crippen LogP contribution in [0.5, 0.6) is 0 Å². The monoisotopic (exact) mass is 762 g/mol. The zero-order chi connectivity index (χ0) is 38.8. The molecule has 2 atom stereocenters. The van der Waals surface area contributed by atoms with Crippen LogP contribution in [0.4, 0.5) is 22.7 Å². The summed E-state index contributed by atoms with van der Waals surface area (Å²) in [5, 5.41) is 10.2. The average molecular weight is 763 g/mol. The summed E-state index contributed by atoms with van der Waals surface area (Å²) < 4.78 is 54.3. The van der Waals surface area contributed by atoms with Gasteiger partial charge in [0.2, 0.25) is 31.7 Å². The summed E-state index contributed by atoms with van der Waals surface area (Å²) >= 11 is 0. The zero-order valence-electron chi connectivity index (χ0n) is 30.7. The van der Waals surface area contributed by atoms with Crippen molar-refractivity contribution in [1.29, 1.82) is 0 Å². The lowest BCUT2D eigenvalue weighted by molar-refractivity contribution is -0.127. The first kappa shape index (κ1) is 37.5. The molecule has 0 saturated carbocycles. The molecule has 3 aromatic rings. The number of aromatic nitrogens is 2. The van der Waals surface area contributed by atoms with E-state index in [9.17, 15) is 31.2 Å². The van der Waals surface area contributed by atoms with Gasteiger partial charge in [0.05, 0.1) is 63.5 Å². The van der Waals surface area contributed by atoms with Gasteiger partial charge < -0.3 is 15.5 Å². The second-order valence-corrected chi connectivity index (χ2v) is 18.1. The standard InChI is InChI=1S/C36H42N8O7S2/c1-19-11-21(3)43(18-19)26-9-10-27(30(16-26)44-22(4)12-20(2)40-44)37-28-17-29(33(45)31-32(28)39-35(47)36(31,5)6)38-34(46)23-13-24(41-52(7,48)49)15-25(14-23)42-53(8,50)51/h9-10,12-17,19,21,41-42H,11,18H2,1-8H3,(H,38,46)(H,39,47). The number of benzene rings is 2. The van der Waals surface area contributed by atoms with Gasteiger partial charge in [0.1, 0.15) is 0 Å². The van der Waals surface area contributed by atoms with Crippen LogP contribution in [0.15, 0.2) is 70.5 Å². The van der Waals surface area contributed by atoms with Crippen LogP contribution in [0, 0.1) is 25.2 Å². The van der Waals surface area contributed by atoms with Gasteiger partial charge in [-0.15, -0.1) is 0 Å². The lowest BCUT2D eigenvalue weighted by atomic mass is 9.79. The number of sulfonamides is 2. The van der Waals surface area contributed by atoms with Crippen LogP contribution < -0.4 is 25.0 Å². The Bertz CT molecular complexity index is 2360. The van der Waals surface area contributed by atoms with E-state index >= 15 is 0 Å². The third kappa shape index (κ3) is 7.76. The molecule has 15 nitrogen and oxygen atoms in total. The van der Waals surface area contributed by atoms with Crippen molar-refractivity contribution >= 4 is 66.1 Å². The summed E-state index contributed by atoms with van der Waals surface area (Å²) in [7, 11) is -7.63. The van der Waals surface area contributed by atoms with Gasteiger partial charge in [0.25, 0.3) is 5.91 Å². The van der Waals surface area contributed by atoms with Crippen molar-refractivity contribution in [3.8, 4) is 5.69 Å². The number of carbonyl (C=O) groups is 3. The molecule has 17 heteroatoms. The van der Waals surface area contributed by atoms with E-state index in [0.717, 1.165) is 42.6 Å². The zero-order valence-corrected chi connectivity index (χ0v) is 32.3. The van der Waals surface area contributed by atoms with Gasteiger partial charge in [0.15, 0.2) is 0 Å². The number of aliphatic imine (C=N–C) groups is 1. The average Bonchev–Trinajstić information content (AvgIpc) is 3.63. The molecule has 4 N–H and O–H groups in total. The first-order chi connectivity index (χ1) is 24.6. The molecule has 6 rings (SSSR count). The Labute approximate surface area is 308 Å². The number of Topliss-reactive ketones (excluding diaryl/α,β-unsaturated/α-hetero) is 1. The molecular weight excluding hydrogens is 721 g/mol. The number of aryl methyl sites for hydroxylation is 2. The molecule has 1 aliphatic carbocycles. The third-order valence-corrected chi connectivity index (χ3v) is 10.5. The quantitative estimate of drug-likeness (QED) is 0.234. The highest BCUT2D eigenvalue weighted by Crippen LogP contribution is 2.40. The summed E-state index contributed by atoms with van der Waals surface area (Å²) in [4.78, 5) is 48.4. The SMILES string of the molecule is Cc1cc(C)n(-c2cc(N3CC(C)CC3C)ccc2N=C2C=C(NC(=O)c3cc(NS(C)(=O)=O)cc(NS(C)(=O)=O)c3)C(=O)C3=C2NC(=O)C3(C)C)n1. The molecule has 0 bridgehead atoms. The Morgan fingerprint density at radius 3 is 2.15 bits per heavy atom. The molecule has 1 aromatic heterocycles. The lowest BCUT2D eigenvalue weighted by Crippen LogP contribution is -2.35. The van der Waals surface area contributed by atoms with Crippen LogP contribution in [-0.4, -0.2) is 75.0 Å². The first-order valence-electron chi connectivity index (χ1n) is 16.9. The highest BCUT2D eigenvalue weighted by molar-refractivity contribution is 7.92. The number of carbonyl (C=O) groups excluding carboxylic acids is 3. The Kier molecular flexibility index (Phi) is 9.39. The van der Waals surface area contributed by atoms with E-state index in [1.165, 1.54) is 24.3 Å². The molecule has 2 unspecified atom stereocenters. The van der Waals surface area contributed by atoms with E-state index in [4.69, 9.17) is 10.1 Å². The topological polar surface area (TPSA) is 201 Å². The number of anilines is 3. The predicted molar refractivity (Wildman–Crippen MR) is 204 cm³/mol. The number of nitrogens with zero attached hydrogens (tertiary/aromatic N) is 4. The van der Waals surface area contributed by atoms with Crippen LogP contribution in [0.2, 0.25) is 0 Å². The van der Waals surface area contributed by atoms with Crippen LogP contribution in [0.25, 0.3) is 5.69 Å². The number of hydrogen-bond donors (Lipinski definition) is 4. The van der Waals surface area contributed by atoms with Crippen molar-refractivity contribution in [3.63, 3.8) is 0 Å². The van der Waals surface area contributed by atoms with Gasteiger partial charge in [-0.25, -0.2) is 26.5 Å². The molecule has 0 spiro atoms. The van der Waals surface area contributed by atoms with E-state index in [0.29, 0.717) is 23.3 Å². The van der Waals surface area contributed by atoms with Crippen molar-refractivity contribution in [2.45, 2.75) is 54.0 Å². The van der Waals surface area contributed by atoms with Gasteiger partial charge in [-0.3, -0.25) is 23.8 Å². The maximum Gasteiger partial charge on any atom is 0.255 e. The molecular formula is C36H42N8O7S2. The number of allylic oxidation sites excluding steroid dienone is 2. The first-order valence-corrected chi connectivity index (χ1v) is 20.7. The van der Waals surface area contributed by atoms with Crippen LogP contribution in [-0.2, 0) is 29.6 Å². The molecule has 2 amide bonds. The largest absolute Gasteiger partial charge is 0.368 e. The fourth-order valence-corrected chi connectivity index (χ4v) is 8.15. The smallest absolute Gasteiger partial charge is 0.255 e. The third-order valence-electron chi connectivity index (χ3n) is 9.29. The van der Waals surface area contributed by atoms with Gasteiger partial charge in [0, 0.05) is 35.1 Å². The van der Waals surface area contributed by atoms with E-state index < -0.39 is 43.1 Å². The fourth-order valence-electron chi connectivity index (χ4n) is 7.05. The van der Waals surface area contributed by atoms with Crippen molar-refractivity contribution in [2.75, 3.05) is 33.4 Å². The minimum Gasteiger partial charge on any atom is -0.368 e. The Morgan fingerprint density at radius 2 is 1.60 bits per heavy atom. The van der Waals surface area contributed by atoms with Crippen molar-refractivity contribution in [2.24, 2.45) is 16.3 Å². The highest BCUT2D eigenvalue weighted by Gasteiger charge is 2.48. The fraction of sp³-hybridized carbons (Fsp3) is 0.361. The molecule has 1 fully saturated rings. The van der Waals surface area contributed by atoms with Gasteiger partial charge in [-0.05, 0) is 95.5 Å². The molecule has 1 saturated heterocycles. The van der Waals surface area contributed by atoms with Gasteiger partial charge in [-0.1, -0.05) is 6.92 Å². The number of amides is 2. The summed E-state index contributed by atoms with van der Waals surface area (Å²) in [6, 6.07) is 11.8. The molecule has 2 aromatic carbocycles. The summed E-state index contributed by atoms with van der Waals surface area (Å²) in [5.74, 6) is -1.37. The van der Waals surface area contributed by atoms with Crippen LogP contribution >= 0.6 is 0 Å². The van der Waals surface area contributed by atoms with Gasteiger partial charge in [-0.2, -0.15) is 5.10 Å². The van der Waals surface area contributed by atoms with E-state index in [1.54, 1.807) is 18.5 Å². The van der Waals surface area contributed by atoms with Crippen LogP contribution in [0.3, 0.4) is 0 Å². The second-order valence-electron chi connectivity index (χ2n) is 14.6. The minimum atomic E-state index is -3.81. The predicted octanol–water partition coefficient (Wildman–Crippen LogP) is 3.85. The molecule has 280 valence electrons. The highest BCUT2D eigenvalue weighted by atomic mass is 32.2. The molecule has 53 heavy (non-hydrogen) atoms. The number of nitrogens with one attached hydrogen (secondary N) is 4. The second kappa shape index (κ2) is 13.3. The molecule has 3 heterocycles. The Hall–Kier alpha value is -5.29. The number of ketones is 1. The lowest BCUT2D eigenvalue weighted by Gasteiger charge is -2.25. The van der Waals surface area contributed by atoms with E-state index in [2.05, 4.69) is 38.8 Å². The number of hydrogen-bond acceptors (Lipinski definition) is 10. The van der Waals surface area contributed by atoms with Crippen LogP contribution in [0.1, 0.15) is 55.9 Å². The van der Waals surface area contributed by atoms with Crippen molar-refractivity contribution in [1.82, 2.24) is 20.4 Å². The summed E-state index contributed by atoms with van der Waals surface area (Å²) in [6.07, 6.45) is 4.24. The summed E-state index contributed by atoms with van der Waals surface area (Å²) in [6.45, 7) is 12.4. The molecule has 2 aliphatic heterocycles. The van der Waals surface area contributed by atoms with Gasteiger partial charge >= 0.3 is 0 Å².